The molecule has 1 saturated heterocycles. The lowest BCUT2D eigenvalue weighted by atomic mass is 9.95. The van der Waals surface area contributed by atoms with E-state index in [4.69, 9.17) is 4.74 Å². The van der Waals surface area contributed by atoms with Gasteiger partial charge in [-0.05, 0) is 88.7 Å². The molecular formula is C31H25IN2O4. The highest BCUT2D eigenvalue weighted by atomic mass is 127. The van der Waals surface area contributed by atoms with E-state index < -0.39 is 17.7 Å². The molecule has 0 spiro atoms. The summed E-state index contributed by atoms with van der Waals surface area (Å²) < 4.78 is 6.92. The van der Waals surface area contributed by atoms with Gasteiger partial charge in [-0.25, -0.2) is 0 Å². The monoisotopic (exact) mass is 616 g/mol. The molecule has 1 atom stereocenters. The number of benzene rings is 3. The highest BCUT2D eigenvalue weighted by Gasteiger charge is 2.46. The van der Waals surface area contributed by atoms with Gasteiger partial charge in [-0.1, -0.05) is 48.0 Å². The van der Waals surface area contributed by atoms with Gasteiger partial charge in [0.1, 0.15) is 18.1 Å². The van der Waals surface area contributed by atoms with Crippen LogP contribution in [0.1, 0.15) is 33.9 Å². The van der Waals surface area contributed by atoms with Crippen molar-refractivity contribution in [3.8, 4) is 5.75 Å². The van der Waals surface area contributed by atoms with Crippen LogP contribution in [0.25, 0.3) is 5.76 Å². The topological polar surface area (TPSA) is 79.7 Å². The van der Waals surface area contributed by atoms with Crippen LogP contribution in [0.15, 0.2) is 103 Å². The van der Waals surface area contributed by atoms with Crippen molar-refractivity contribution in [1.29, 1.82) is 0 Å². The Morgan fingerprint density at radius 2 is 1.71 bits per heavy atom. The summed E-state index contributed by atoms with van der Waals surface area (Å²) in [6.07, 6.45) is 3.32. The maximum absolute atomic E-state index is 13.3. The van der Waals surface area contributed by atoms with Gasteiger partial charge >= 0.3 is 0 Å². The predicted molar refractivity (Wildman–Crippen MR) is 153 cm³/mol. The van der Waals surface area contributed by atoms with Crippen molar-refractivity contribution in [3.05, 3.63) is 134 Å². The first-order chi connectivity index (χ1) is 18.4. The highest BCUT2D eigenvalue weighted by Crippen LogP contribution is 2.40. The van der Waals surface area contributed by atoms with E-state index in [0.29, 0.717) is 17.9 Å². The number of carbonyl (C=O) groups is 2. The zero-order valence-electron chi connectivity index (χ0n) is 20.7. The Hall–Kier alpha value is -3.98. The number of amides is 1. The normalized spacial score (nSPS) is 16.6. The fourth-order valence-electron chi connectivity index (χ4n) is 4.56. The molecule has 7 heteroatoms. The van der Waals surface area contributed by atoms with Crippen LogP contribution < -0.4 is 4.74 Å². The van der Waals surface area contributed by atoms with Gasteiger partial charge in [-0.3, -0.25) is 14.6 Å². The van der Waals surface area contributed by atoms with Crippen LogP contribution in [0.5, 0.6) is 5.75 Å². The number of nitrogens with zero attached hydrogens (tertiary/aromatic N) is 2. The van der Waals surface area contributed by atoms with E-state index in [1.807, 2.05) is 55.5 Å². The fourth-order valence-corrected chi connectivity index (χ4v) is 4.92. The molecule has 6 nitrogen and oxygen atoms in total. The van der Waals surface area contributed by atoms with Crippen molar-refractivity contribution in [2.45, 2.75) is 26.1 Å². The fraction of sp³-hybridized carbons (Fsp3) is 0.129. The Bertz CT molecular complexity index is 1500. The minimum Gasteiger partial charge on any atom is -0.507 e. The minimum absolute atomic E-state index is 0.0635. The first kappa shape index (κ1) is 25.7. The van der Waals surface area contributed by atoms with Gasteiger partial charge in [0.2, 0.25) is 0 Å². The third kappa shape index (κ3) is 5.47. The van der Waals surface area contributed by atoms with Crippen molar-refractivity contribution in [2.24, 2.45) is 0 Å². The molecule has 4 aromatic rings. The standard InChI is InChI=1S/C31H25IN2O4/c1-20-4-2-5-21(16-20)19-38-26-13-9-24(10-14-26)29(35)27-28(23-7-11-25(32)12-8-23)34(31(37)30(27)36)18-22-6-3-15-33-17-22/h2-17,28,35H,18-19H2,1H3. The summed E-state index contributed by atoms with van der Waals surface area (Å²) in [6, 6.07) is 25.5. The number of Topliss-reactive ketones (excluding diaryl/α,β-unsaturated/α-hetero) is 1. The summed E-state index contributed by atoms with van der Waals surface area (Å²) in [4.78, 5) is 32.1. The third-order valence-electron chi connectivity index (χ3n) is 6.42. The summed E-state index contributed by atoms with van der Waals surface area (Å²) in [5, 5.41) is 11.3. The van der Waals surface area contributed by atoms with Gasteiger partial charge in [-0.15, -0.1) is 0 Å². The maximum Gasteiger partial charge on any atom is 0.295 e. The Morgan fingerprint density at radius 3 is 2.39 bits per heavy atom. The van der Waals surface area contributed by atoms with Gasteiger partial charge < -0.3 is 14.7 Å². The summed E-state index contributed by atoms with van der Waals surface area (Å²) >= 11 is 2.21. The lowest BCUT2D eigenvalue weighted by molar-refractivity contribution is -0.140. The zero-order chi connectivity index (χ0) is 26.6. The average molecular weight is 616 g/mol. The Kier molecular flexibility index (Phi) is 7.55. The third-order valence-corrected chi connectivity index (χ3v) is 7.14. The minimum atomic E-state index is -0.732. The molecule has 1 fully saturated rings. The molecule has 0 bridgehead atoms. The van der Waals surface area contributed by atoms with Crippen LogP contribution in [-0.4, -0.2) is 26.7 Å². The molecule has 1 N–H and O–H groups in total. The highest BCUT2D eigenvalue weighted by molar-refractivity contribution is 14.1. The second kappa shape index (κ2) is 11.2. The summed E-state index contributed by atoms with van der Waals surface area (Å²) in [6.45, 7) is 2.64. The number of aliphatic hydroxyl groups is 1. The van der Waals surface area contributed by atoms with Crippen molar-refractivity contribution >= 4 is 40.0 Å². The number of halogens is 1. The summed E-state index contributed by atoms with van der Waals surface area (Å²) in [5.41, 5.74) is 4.25. The molecule has 1 aliphatic heterocycles. The quantitative estimate of drug-likeness (QED) is 0.116. The second-order valence-corrected chi connectivity index (χ2v) is 10.4. The van der Waals surface area contributed by atoms with E-state index in [-0.39, 0.29) is 17.9 Å². The first-order valence-electron chi connectivity index (χ1n) is 12.1. The molecule has 190 valence electrons. The molecule has 5 rings (SSSR count). The number of aryl methyl sites for hydroxylation is 1. The van der Waals surface area contributed by atoms with E-state index in [9.17, 15) is 14.7 Å². The summed E-state index contributed by atoms with van der Waals surface area (Å²) in [5.74, 6) is -0.952. The Labute approximate surface area is 234 Å². The molecular weight excluding hydrogens is 591 g/mol. The van der Waals surface area contributed by atoms with Crippen molar-refractivity contribution in [3.63, 3.8) is 0 Å². The largest absolute Gasteiger partial charge is 0.507 e. The molecule has 0 saturated carbocycles. The molecule has 1 aromatic heterocycles. The number of hydrogen-bond donors (Lipinski definition) is 1. The van der Waals surface area contributed by atoms with Gasteiger partial charge in [-0.2, -0.15) is 0 Å². The number of ketones is 1. The molecule has 2 heterocycles. The van der Waals surface area contributed by atoms with E-state index >= 15 is 0 Å². The Balaban J connectivity index is 1.47. The van der Waals surface area contributed by atoms with Crippen LogP contribution in [-0.2, 0) is 22.7 Å². The van der Waals surface area contributed by atoms with Crippen LogP contribution in [0, 0.1) is 10.5 Å². The SMILES string of the molecule is Cc1cccc(COc2ccc(C(O)=C3C(=O)C(=O)N(Cc4cccnc4)C3c3ccc(I)cc3)cc2)c1. The number of rotatable bonds is 7. The van der Waals surface area contributed by atoms with E-state index in [0.717, 1.165) is 25.8 Å². The lowest BCUT2D eigenvalue weighted by Crippen LogP contribution is -2.29. The zero-order valence-corrected chi connectivity index (χ0v) is 22.8. The van der Waals surface area contributed by atoms with Crippen LogP contribution >= 0.6 is 22.6 Å². The van der Waals surface area contributed by atoms with Gasteiger partial charge in [0.25, 0.3) is 11.7 Å². The molecule has 1 amide bonds. The lowest BCUT2D eigenvalue weighted by Gasteiger charge is -2.25. The first-order valence-corrected chi connectivity index (χ1v) is 13.2. The second-order valence-electron chi connectivity index (χ2n) is 9.14. The number of carbonyl (C=O) groups excluding carboxylic acids is 2. The number of aliphatic hydroxyl groups excluding tert-OH is 1. The molecule has 1 unspecified atom stereocenters. The van der Waals surface area contributed by atoms with Crippen LogP contribution in [0.4, 0.5) is 0 Å². The summed E-state index contributed by atoms with van der Waals surface area (Å²) in [7, 11) is 0. The number of pyridine rings is 1. The molecule has 1 aliphatic rings. The Morgan fingerprint density at radius 1 is 0.974 bits per heavy atom. The van der Waals surface area contributed by atoms with E-state index in [1.165, 1.54) is 4.90 Å². The number of likely N-dealkylation sites (tertiary alicyclic amines) is 1. The smallest absolute Gasteiger partial charge is 0.295 e. The van der Waals surface area contributed by atoms with E-state index in [1.54, 1.807) is 42.7 Å². The van der Waals surface area contributed by atoms with Crippen molar-refractivity contribution in [1.82, 2.24) is 9.88 Å². The average Bonchev–Trinajstić information content (AvgIpc) is 3.18. The van der Waals surface area contributed by atoms with Crippen LogP contribution in [0.3, 0.4) is 0 Å². The number of ether oxygens (including phenoxy) is 1. The number of hydrogen-bond acceptors (Lipinski definition) is 5. The number of aromatic nitrogens is 1. The van der Waals surface area contributed by atoms with Crippen molar-refractivity contribution < 1.29 is 19.4 Å². The van der Waals surface area contributed by atoms with Crippen molar-refractivity contribution in [2.75, 3.05) is 0 Å². The molecule has 38 heavy (non-hydrogen) atoms. The molecule has 3 aromatic carbocycles. The predicted octanol–water partition coefficient (Wildman–Crippen LogP) is 6.20. The van der Waals surface area contributed by atoms with E-state index in [2.05, 4.69) is 33.6 Å². The van der Waals surface area contributed by atoms with Gasteiger partial charge in [0.05, 0.1) is 11.6 Å². The maximum atomic E-state index is 13.3. The molecule has 0 aliphatic carbocycles. The van der Waals surface area contributed by atoms with Gasteiger partial charge in [0, 0.05) is 28.1 Å². The van der Waals surface area contributed by atoms with Crippen LogP contribution in [0.2, 0.25) is 0 Å². The molecule has 0 radical (unpaired) electrons. The van der Waals surface area contributed by atoms with Gasteiger partial charge in [0.15, 0.2) is 0 Å².